The first-order valence-electron chi connectivity index (χ1n) is 6.37. The number of hydrogen-bond donors (Lipinski definition) is 3. The topological polar surface area (TPSA) is 70.6 Å². The predicted octanol–water partition coefficient (Wildman–Crippen LogP) is 0.924. The number of methoxy groups -OCH3 is 1. The third kappa shape index (κ3) is 6.79. The fraction of sp³-hybridized carbons (Fsp3) is 0.500. The van der Waals surface area contributed by atoms with E-state index < -0.39 is 6.10 Å². The van der Waals surface area contributed by atoms with E-state index in [0.29, 0.717) is 13.0 Å². The molecule has 5 nitrogen and oxygen atoms in total. The fourth-order valence-corrected chi connectivity index (χ4v) is 1.74. The number of urea groups is 1. The quantitative estimate of drug-likeness (QED) is 0.687. The van der Waals surface area contributed by atoms with Gasteiger partial charge in [-0.3, -0.25) is 0 Å². The number of ether oxygens (including phenoxy) is 1. The summed E-state index contributed by atoms with van der Waals surface area (Å²) in [4.78, 5) is 11.5. The van der Waals surface area contributed by atoms with E-state index in [1.807, 2.05) is 37.3 Å². The molecule has 0 saturated carbocycles. The SMILES string of the molecule is COCC(C)NC(=O)NCC(O)Cc1ccccc1. The molecular weight excluding hydrogens is 244 g/mol. The van der Waals surface area contributed by atoms with Gasteiger partial charge in [-0.1, -0.05) is 30.3 Å². The van der Waals surface area contributed by atoms with Crippen LogP contribution in [0.2, 0.25) is 0 Å². The summed E-state index contributed by atoms with van der Waals surface area (Å²) >= 11 is 0. The Morgan fingerprint density at radius 2 is 2.05 bits per heavy atom. The summed E-state index contributed by atoms with van der Waals surface area (Å²) in [6.07, 6.45) is -0.0692. The Hall–Kier alpha value is -1.59. The van der Waals surface area contributed by atoms with Crippen molar-refractivity contribution in [3.63, 3.8) is 0 Å². The Morgan fingerprint density at radius 1 is 1.37 bits per heavy atom. The number of benzene rings is 1. The average molecular weight is 266 g/mol. The molecule has 0 aliphatic carbocycles. The molecule has 2 unspecified atom stereocenters. The molecule has 19 heavy (non-hydrogen) atoms. The van der Waals surface area contributed by atoms with Crippen LogP contribution in [0.1, 0.15) is 12.5 Å². The van der Waals surface area contributed by atoms with Gasteiger partial charge in [-0.25, -0.2) is 4.79 Å². The summed E-state index contributed by atoms with van der Waals surface area (Å²) in [5.41, 5.74) is 1.05. The normalized spacial score (nSPS) is 13.6. The van der Waals surface area contributed by atoms with Gasteiger partial charge in [0.15, 0.2) is 0 Å². The molecular formula is C14H22N2O3. The van der Waals surface area contributed by atoms with E-state index >= 15 is 0 Å². The highest BCUT2D eigenvalue weighted by Crippen LogP contribution is 2.02. The van der Waals surface area contributed by atoms with Crippen molar-refractivity contribution in [2.45, 2.75) is 25.5 Å². The average Bonchev–Trinajstić information content (AvgIpc) is 2.38. The highest BCUT2D eigenvalue weighted by Gasteiger charge is 2.09. The van der Waals surface area contributed by atoms with Crippen molar-refractivity contribution >= 4 is 6.03 Å². The predicted molar refractivity (Wildman–Crippen MR) is 74.0 cm³/mol. The van der Waals surface area contributed by atoms with Crippen LogP contribution in [0, 0.1) is 0 Å². The van der Waals surface area contributed by atoms with Crippen molar-refractivity contribution in [2.24, 2.45) is 0 Å². The summed E-state index contributed by atoms with van der Waals surface area (Å²) in [7, 11) is 1.58. The second-order valence-electron chi connectivity index (χ2n) is 4.55. The summed E-state index contributed by atoms with van der Waals surface area (Å²) < 4.78 is 4.92. The van der Waals surface area contributed by atoms with Crippen molar-refractivity contribution < 1.29 is 14.6 Å². The Bertz CT molecular complexity index is 370. The highest BCUT2D eigenvalue weighted by molar-refractivity contribution is 5.74. The lowest BCUT2D eigenvalue weighted by molar-refractivity contribution is 0.161. The van der Waals surface area contributed by atoms with E-state index in [2.05, 4.69) is 10.6 Å². The number of aliphatic hydroxyl groups excluding tert-OH is 1. The molecule has 3 N–H and O–H groups in total. The second-order valence-corrected chi connectivity index (χ2v) is 4.55. The third-order valence-electron chi connectivity index (χ3n) is 2.61. The standard InChI is InChI=1S/C14H22N2O3/c1-11(10-19-2)16-14(18)15-9-13(17)8-12-6-4-3-5-7-12/h3-7,11,13,17H,8-10H2,1-2H3,(H2,15,16,18). The summed E-state index contributed by atoms with van der Waals surface area (Å²) in [6.45, 7) is 2.53. The monoisotopic (exact) mass is 266 g/mol. The van der Waals surface area contributed by atoms with Crippen LogP contribution in [0.3, 0.4) is 0 Å². The number of aliphatic hydroxyl groups is 1. The second kappa shape index (κ2) is 8.50. The maximum atomic E-state index is 11.5. The van der Waals surface area contributed by atoms with Gasteiger partial charge in [0.25, 0.3) is 0 Å². The lowest BCUT2D eigenvalue weighted by Gasteiger charge is -2.15. The Kier molecular flexibility index (Phi) is 6.92. The third-order valence-corrected chi connectivity index (χ3v) is 2.61. The van der Waals surface area contributed by atoms with Gasteiger partial charge in [0.1, 0.15) is 0 Å². The highest BCUT2D eigenvalue weighted by atomic mass is 16.5. The molecule has 5 heteroatoms. The number of hydrogen-bond acceptors (Lipinski definition) is 3. The molecule has 0 aliphatic heterocycles. The molecule has 0 radical (unpaired) electrons. The summed E-state index contributed by atoms with van der Waals surface area (Å²) in [5.74, 6) is 0. The zero-order chi connectivity index (χ0) is 14.1. The number of rotatable bonds is 7. The van der Waals surface area contributed by atoms with Gasteiger partial charge in [-0.05, 0) is 12.5 Å². The molecule has 0 fully saturated rings. The van der Waals surface area contributed by atoms with Gasteiger partial charge < -0.3 is 20.5 Å². The van der Waals surface area contributed by atoms with Gasteiger partial charge in [0.05, 0.1) is 18.8 Å². The molecule has 0 aromatic heterocycles. The molecule has 1 aromatic carbocycles. The van der Waals surface area contributed by atoms with E-state index in [0.717, 1.165) is 5.56 Å². The number of carbonyl (C=O) groups is 1. The van der Waals surface area contributed by atoms with E-state index in [-0.39, 0.29) is 18.6 Å². The van der Waals surface area contributed by atoms with Crippen molar-refractivity contribution in [2.75, 3.05) is 20.3 Å². The molecule has 106 valence electrons. The van der Waals surface area contributed by atoms with Crippen LogP contribution in [-0.4, -0.2) is 43.5 Å². The Balaban J connectivity index is 2.22. The van der Waals surface area contributed by atoms with Crippen molar-refractivity contribution in [3.05, 3.63) is 35.9 Å². The minimum atomic E-state index is -0.592. The molecule has 0 heterocycles. The zero-order valence-corrected chi connectivity index (χ0v) is 11.4. The van der Waals surface area contributed by atoms with E-state index in [9.17, 15) is 9.90 Å². The first kappa shape index (κ1) is 15.5. The van der Waals surface area contributed by atoms with Crippen LogP contribution in [0.15, 0.2) is 30.3 Å². The maximum Gasteiger partial charge on any atom is 0.315 e. The van der Waals surface area contributed by atoms with E-state index in [1.165, 1.54) is 0 Å². The molecule has 0 bridgehead atoms. The minimum Gasteiger partial charge on any atom is -0.391 e. The van der Waals surface area contributed by atoms with E-state index in [4.69, 9.17) is 4.74 Å². The van der Waals surface area contributed by atoms with Gasteiger partial charge >= 0.3 is 6.03 Å². The Morgan fingerprint density at radius 3 is 2.68 bits per heavy atom. The van der Waals surface area contributed by atoms with Gasteiger partial charge in [0, 0.05) is 20.1 Å². The zero-order valence-electron chi connectivity index (χ0n) is 11.4. The lowest BCUT2D eigenvalue weighted by atomic mass is 10.1. The van der Waals surface area contributed by atoms with Crippen LogP contribution in [0.4, 0.5) is 4.79 Å². The van der Waals surface area contributed by atoms with Gasteiger partial charge in [0.2, 0.25) is 0 Å². The van der Waals surface area contributed by atoms with Crippen molar-refractivity contribution in [1.29, 1.82) is 0 Å². The molecule has 0 aliphatic rings. The number of carbonyl (C=O) groups excluding carboxylic acids is 1. The number of amides is 2. The van der Waals surface area contributed by atoms with Crippen molar-refractivity contribution in [1.82, 2.24) is 10.6 Å². The molecule has 2 amide bonds. The first-order chi connectivity index (χ1) is 9.11. The fourth-order valence-electron chi connectivity index (χ4n) is 1.74. The van der Waals surface area contributed by atoms with Crippen molar-refractivity contribution in [3.8, 4) is 0 Å². The summed E-state index contributed by atoms with van der Waals surface area (Å²) in [6, 6.07) is 9.32. The largest absolute Gasteiger partial charge is 0.391 e. The van der Waals surface area contributed by atoms with Crippen LogP contribution in [0.5, 0.6) is 0 Å². The smallest absolute Gasteiger partial charge is 0.315 e. The maximum absolute atomic E-state index is 11.5. The molecule has 2 atom stereocenters. The Labute approximate surface area is 114 Å². The number of nitrogens with one attached hydrogen (secondary N) is 2. The molecule has 0 spiro atoms. The van der Waals surface area contributed by atoms with Crippen LogP contribution in [0.25, 0.3) is 0 Å². The lowest BCUT2D eigenvalue weighted by Crippen LogP contribution is -2.45. The molecule has 1 aromatic rings. The molecule has 0 saturated heterocycles. The minimum absolute atomic E-state index is 0.0590. The van der Waals surface area contributed by atoms with Crippen LogP contribution < -0.4 is 10.6 Å². The summed E-state index contributed by atoms with van der Waals surface area (Å²) in [5, 5.41) is 15.2. The molecule has 1 rings (SSSR count). The first-order valence-corrected chi connectivity index (χ1v) is 6.37. The van der Waals surface area contributed by atoms with Crippen LogP contribution in [-0.2, 0) is 11.2 Å². The van der Waals surface area contributed by atoms with Crippen LogP contribution >= 0.6 is 0 Å². The van der Waals surface area contributed by atoms with Gasteiger partial charge in [-0.15, -0.1) is 0 Å². The van der Waals surface area contributed by atoms with E-state index in [1.54, 1.807) is 7.11 Å². The van der Waals surface area contributed by atoms with Gasteiger partial charge in [-0.2, -0.15) is 0 Å².